The molecule has 3 aromatic carbocycles. The van der Waals surface area contributed by atoms with E-state index in [1.807, 2.05) is 30.3 Å². The van der Waals surface area contributed by atoms with E-state index in [0.717, 1.165) is 37.0 Å². The van der Waals surface area contributed by atoms with Gasteiger partial charge in [0.15, 0.2) is 0 Å². The maximum absolute atomic E-state index is 12.2. The van der Waals surface area contributed by atoms with E-state index in [4.69, 9.17) is 9.47 Å². The lowest BCUT2D eigenvalue weighted by molar-refractivity contribution is -0.133. The highest BCUT2D eigenvalue weighted by Gasteiger charge is 2.62. The van der Waals surface area contributed by atoms with Crippen LogP contribution in [0.25, 0.3) is 0 Å². The van der Waals surface area contributed by atoms with E-state index in [-0.39, 0.29) is 17.4 Å². The van der Waals surface area contributed by atoms with Crippen LogP contribution >= 0.6 is 0 Å². The molecule has 3 unspecified atom stereocenters. The van der Waals surface area contributed by atoms with Crippen LogP contribution in [0.4, 0.5) is 0 Å². The molecule has 6 atom stereocenters. The molecule has 37 heavy (non-hydrogen) atoms. The van der Waals surface area contributed by atoms with E-state index < -0.39 is 5.60 Å². The van der Waals surface area contributed by atoms with Gasteiger partial charge >= 0.3 is 0 Å². The largest absolute Gasteiger partial charge is 0.489 e. The number of fused-ring (bicyclic) bond motifs is 5. The smallest absolute Gasteiger partial charge is 0.120 e. The topological polar surface area (TPSA) is 38.7 Å². The molecule has 2 fully saturated rings. The Morgan fingerprint density at radius 1 is 0.919 bits per heavy atom. The lowest BCUT2D eigenvalue weighted by Gasteiger charge is -2.57. The summed E-state index contributed by atoms with van der Waals surface area (Å²) in [6.07, 6.45) is 7.01. The molecule has 3 aliphatic rings. The van der Waals surface area contributed by atoms with Crippen molar-refractivity contribution in [3.8, 4) is 5.75 Å². The van der Waals surface area contributed by atoms with E-state index in [2.05, 4.69) is 68.1 Å². The molecular weight excluding hydrogens is 456 g/mol. The van der Waals surface area contributed by atoms with Gasteiger partial charge in [-0.1, -0.05) is 79.7 Å². The van der Waals surface area contributed by atoms with Crippen LogP contribution in [0.15, 0.2) is 91.5 Å². The van der Waals surface area contributed by atoms with E-state index in [1.165, 1.54) is 16.7 Å². The molecule has 0 saturated heterocycles. The first kappa shape index (κ1) is 24.5. The summed E-state index contributed by atoms with van der Waals surface area (Å²) in [7, 11) is 0. The number of ether oxygens (including phenoxy) is 2. The first-order chi connectivity index (χ1) is 18.0. The second-order valence-electron chi connectivity index (χ2n) is 11.7. The van der Waals surface area contributed by atoms with E-state index in [0.29, 0.717) is 31.5 Å². The molecule has 3 aromatic rings. The Labute approximate surface area is 221 Å². The molecule has 3 nitrogen and oxygen atoms in total. The van der Waals surface area contributed by atoms with Crippen molar-refractivity contribution in [1.29, 1.82) is 0 Å². The van der Waals surface area contributed by atoms with Gasteiger partial charge in [-0.15, -0.1) is 6.58 Å². The van der Waals surface area contributed by atoms with Gasteiger partial charge in [-0.2, -0.15) is 0 Å². The third kappa shape index (κ3) is 4.43. The maximum Gasteiger partial charge on any atom is 0.120 e. The number of hydrogen-bond donors (Lipinski definition) is 1. The highest BCUT2D eigenvalue weighted by Crippen LogP contribution is 2.64. The Kier molecular flexibility index (Phi) is 6.46. The molecule has 192 valence electrons. The Morgan fingerprint density at radius 3 is 2.32 bits per heavy atom. The minimum atomic E-state index is -0.948. The van der Waals surface area contributed by atoms with Crippen molar-refractivity contribution in [3.05, 3.63) is 114 Å². The van der Waals surface area contributed by atoms with Crippen LogP contribution in [-0.2, 0) is 24.4 Å². The monoisotopic (exact) mass is 494 g/mol. The fraction of sp³-hybridized carbons (Fsp3) is 0.412. The quantitative estimate of drug-likeness (QED) is 0.352. The van der Waals surface area contributed by atoms with Gasteiger partial charge in [-0.25, -0.2) is 0 Å². The average Bonchev–Trinajstić information content (AvgIpc) is 3.26. The third-order valence-corrected chi connectivity index (χ3v) is 9.56. The van der Waals surface area contributed by atoms with Gasteiger partial charge in [0.05, 0.1) is 18.3 Å². The summed E-state index contributed by atoms with van der Waals surface area (Å²) >= 11 is 0. The fourth-order valence-corrected chi connectivity index (χ4v) is 7.87. The lowest BCUT2D eigenvalue weighted by Crippen LogP contribution is -2.56. The Morgan fingerprint density at radius 2 is 1.62 bits per heavy atom. The predicted octanol–water partition coefficient (Wildman–Crippen LogP) is 7.23. The van der Waals surface area contributed by atoms with E-state index >= 15 is 0 Å². The van der Waals surface area contributed by atoms with Crippen LogP contribution in [-0.4, -0.2) is 16.8 Å². The SMILES string of the molecule is C=C[C@]1(O)C[C@@]2(C)C(CC[C@@H]2OCc2ccccc2)C2CCc3cc(OCc4ccccc4)ccc3C21. The van der Waals surface area contributed by atoms with Gasteiger partial charge in [0.1, 0.15) is 12.4 Å². The molecule has 3 heteroatoms. The molecule has 0 radical (unpaired) electrons. The van der Waals surface area contributed by atoms with Gasteiger partial charge < -0.3 is 14.6 Å². The van der Waals surface area contributed by atoms with Crippen LogP contribution in [0.1, 0.15) is 60.8 Å². The van der Waals surface area contributed by atoms with Gasteiger partial charge in [0.2, 0.25) is 0 Å². The van der Waals surface area contributed by atoms with Crippen molar-refractivity contribution in [3.63, 3.8) is 0 Å². The number of hydrogen-bond acceptors (Lipinski definition) is 3. The maximum atomic E-state index is 12.2. The zero-order valence-electron chi connectivity index (χ0n) is 21.8. The number of aliphatic hydroxyl groups is 1. The summed E-state index contributed by atoms with van der Waals surface area (Å²) in [5.74, 6) is 1.94. The van der Waals surface area contributed by atoms with Gasteiger partial charge in [0, 0.05) is 5.92 Å². The zero-order valence-corrected chi connectivity index (χ0v) is 21.8. The third-order valence-electron chi connectivity index (χ3n) is 9.56. The molecule has 3 aliphatic carbocycles. The molecule has 0 aromatic heterocycles. The summed E-state index contributed by atoms with van der Waals surface area (Å²) in [4.78, 5) is 0. The van der Waals surface area contributed by atoms with Crippen LogP contribution in [0.3, 0.4) is 0 Å². The molecule has 0 spiro atoms. The van der Waals surface area contributed by atoms with Crippen LogP contribution < -0.4 is 4.74 Å². The lowest BCUT2D eigenvalue weighted by atomic mass is 9.50. The van der Waals surface area contributed by atoms with Crippen LogP contribution in [0, 0.1) is 17.3 Å². The van der Waals surface area contributed by atoms with Crippen molar-refractivity contribution in [2.75, 3.05) is 0 Å². The molecule has 1 N–H and O–H groups in total. The molecule has 6 rings (SSSR count). The predicted molar refractivity (Wildman–Crippen MR) is 147 cm³/mol. The van der Waals surface area contributed by atoms with Crippen molar-refractivity contribution in [2.24, 2.45) is 17.3 Å². The Balaban J connectivity index is 1.23. The highest BCUT2D eigenvalue weighted by molar-refractivity contribution is 5.44. The van der Waals surface area contributed by atoms with Crippen molar-refractivity contribution >= 4 is 0 Å². The Bertz CT molecular complexity index is 1240. The van der Waals surface area contributed by atoms with Gasteiger partial charge in [-0.3, -0.25) is 0 Å². The number of benzene rings is 3. The summed E-state index contributed by atoms with van der Waals surface area (Å²) < 4.78 is 12.7. The van der Waals surface area contributed by atoms with Gasteiger partial charge in [0.25, 0.3) is 0 Å². The fourth-order valence-electron chi connectivity index (χ4n) is 7.87. The molecule has 0 amide bonds. The molecule has 0 heterocycles. The molecule has 2 saturated carbocycles. The van der Waals surface area contributed by atoms with E-state index in [1.54, 1.807) is 0 Å². The zero-order chi connectivity index (χ0) is 25.5. The standard InChI is InChI=1S/C34H38O3/c1-3-34(35)23-33(2)30(18-19-31(33)37-22-25-12-8-5-9-13-25)29-16-14-26-20-27(15-17-28(26)32(29)34)36-21-24-10-6-4-7-11-24/h3-13,15,17,20,29-32,35H,1,14,16,18-19,21-23H2,2H3/t29?,30?,31-,32?,33-,34-/m0/s1. The molecular formula is C34H38O3. The summed E-state index contributed by atoms with van der Waals surface area (Å²) in [6.45, 7) is 7.70. The minimum Gasteiger partial charge on any atom is -0.489 e. The average molecular weight is 495 g/mol. The normalized spacial score (nSPS) is 32.2. The van der Waals surface area contributed by atoms with E-state index in [9.17, 15) is 5.11 Å². The van der Waals surface area contributed by atoms with Crippen molar-refractivity contribution in [2.45, 2.75) is 69.9 Å². The summed E-state index contributed by atoms with van der Waals surface area (Å²) in [6, 6.07) is 27.2. The summed E-state index contributed by atoms with van der Waals surface area (Å²) in [5.41, 5.74) is 3.95. The first-order valence-electron chi connectivity index (χ1n) is 13.8. The number of rotatable bonds is 7. The second kappa shape index (κ2) is 9.78. The van der Waals surface area contributed by atoms with Crippen molar-refractivity contribution < 1.29 is 14.6 Å². The summed E-state index contributed by atoms with van der Waals surface area (Å²) in [5, 5.41) is 12.2. The minimum absolute atomic E-state index is 0.0604. The van der Waals surface area contributed by atoms with Crippen molar-refractivity contribution in [1.82, 2.24) is 0 Å². The number of aryl methyl sites for hydroxylation is 1. The molecule has 0 aliphatic heterocycles. The Hall–Kier alpha value is -2.88. The van der Waals surface area contributed by atoms with Crippen LogP contribution in [0.2, 0.25) is 0 Å². The first-order valence-corrected chi connectivity index (χ1v) is 13.8. The van der Waals surface area contributed by atoms with Crippen LogP contribution in [0.5, 0.6) is 5.75 Å². The molecule has 0 bridgehead atoms. The highest BCUT2D eigenvalue weighted by atomic mass is 16.5. The van der Waals surface area contributed by atoms with Gasteiger partial charge in [-0.05, 0) is 83.7 Å². The second-order valence-corrected chi connectivity index (χ2v) is 11.7.